The summed E-state index contributed by atoms with van der Waals surface area (Å²) in [5, 5.41) is 0.324. The molecule has 4 nitrogen and oxygen atoms in total. The van der Waals surface area contributed by atoms with Gasteiger partial charge in [-0.25, -0.2) is 8.42 Å². The van der Waals surface area contributed by atoms with Gasteiger partial charge < -0.3 is 0 Å². The molecule has 0 unspecified atom stereocenters. The van der Waals surface area contributed by atoms with Crippen LogP contribution in [0.1, 0.15) is 5.56 Å². The van der Waals surface area contributed by atoms with Crippen molar-refractivity contribution >= 4 is 59.4 Å². The lowest BCUT2D eigenvalue weighted by Gasteiger charge is -2.11. The number of nitrogens with one attached hydrogen (secondary N) is 1. The molecular weight excluding hydrogens is 362 g/mol. The minimum absolute atomic E-state index is 0.0528. The summed E-state index contributed by atoms with van der Waals surface area (Å²) in [6.07, 6.45) is 0. The second-order valence-electron chi connectivity index (χ2n) is 4.60. The number of hydrogen-bond acceptors (Lipinski definition) is 5. The summed E-state index contributed by atoms with van der Waals surface area (Å²) in [6.45, 7) is 1.70. The summed E-state index contributed by atoms with van der Waals surface area (Å²) >= 11 is 8.16. The molecule has 0 saturated heterocycles. The molecule has 0 spiro atoms. The highest BCUT2D eigenvalue weighted by Crippen LogP contribution is 2.30. The number of para-hydroxylation sites is 1. The summed E-state index contributed by atoms with van der Waals surface area (Å²) in [4.78, 5) is 11.6. The largest absolute Gasteiger partial charge is 0.288 e. The maximum absolute atomic E-state index is 12.6. The van der Waals surface area contributed by atoms with Crippen molar-refractivity contribution in [1.82, 2.24) is 0 Å². The summed E-state index contributed by atoms with van der Waals surface area (Å²) < 4.78 is 29.1. The fourth-order valence-electron chi connectivity index (χ4n) is 2.04. The molecule has 2 aromatic carbocycles. The Labute approximate surface area is 140 Å². The molecule has 0 radical (unpaired) electrons. The fraction of sp³-hybridized carbons (Fsp3) is 0.0714. The SMILES string of the molecule is Cc1cc2sc(=O)sc2cc1S(=O)(=O)Nc1ccccc1Cl. The van der Waals surface area contributed by atoms with E-state index in [1.54, 1.807) is 37.3 Å². The third-order valence-electron chi connectivity index (χ3n) is 3.04. The smallest absolute Gasteiger partial charge is 0.278 e. The Morgan fingerprint density at radius 1 is 1.09 bits per heavy atom. The third kappa shape index (κ3) is 2.89. The predicted octanol–water partition coefficient (Wildman–Crippen LogP) is 4.09. The van der Waals surface area contributed by atoms with Gasteiger partial charge in [0.1, 0.15) is 0 Å². The van der Waals surface area contributed by atoms with E-state index in [0.29, 0.717) is 21.0 Å². The molecule has 0 aliphatic rings. The van der Waals surface area contributed by atoms with Crippen molar-refractivity contribution in [1.29, 1.82) is 0 Å². The molecule has 0 atom stereocenters. The molecule has 114 valence electrons. The maximum atomic E-state index is 12.6. The van der Waals surface area contributed by atoms with Gasteiger partial charge in [0.05, 0.1) is 20.3 Å². The Morgan fingerprint density at radius 2 is 1.73 bits per heavy atom. The molecular formula is C14H10ClNO3S3. The van der Waals surface area contributed by atoms with Crippen LogP contribution in [0.5, 0.6) is 0 Å². The van der Waals surface area contributed by atoms with Gasteiger partial charge in [-0.05, 0) is 36.8 Å². The fourth-order valence-corrected chi connectivity index (χ4v) is 5.73. The summed E-state index contributed by atoms with van der Waals surface area (Å²) in [5.74, 6) is 0. The lowest BCUT2D eigenvalue weighted by atomic mass is 10.2. The number of rotatable bonds is 3. The van der Waals surface area contributed by atoms with Gasteiger partial charge in [-0.1, -0.05) is 46.4 Å². The van der Waals surface area contributed by atoms with Crippen LogP contribution in [0.25, 0.3) is 9.40 Å². The van der Waals surface area contributed by atoms with Gasteiger partial charge in [-0.15, -0.1) is 0 Å². The number of anilines is 1. The molecule has 3 aromatic rings. The molecule has 8 heteroatoms. The average molecular weight is 372 g/mol. The molecule has 0 fully saturated rings. The van der Waals surface area contributed by atoms with Crippen LogP contribution in [0.2, 0.25) is 5.02 Å². The first-order valence-corrected chi connectivity index (χ1v) is 9.68. The lowest BCUT2D eigenvalue weighted by molar-refractivity contribution is 0.601. The Hall–Kier alpha value is -1.41. The number of halogens is 1. The number of hydrogen-bond donors (Lipinski definition) is 1. The molecule has 0 aliphatic carbocycles. The molecule has 3 rings (SSSR count). The topological polar surface area (TPSA) is 63.2 Å². The van der Waals surface area contributed by atoms with Crippen molar-refractivity contribution in [3.05, 3.63) is 55.8 Å². The summed E-state index contributed by atoms with van der Waals surface area (Å²) in [5.41, 5.74) is 0.906. The van der Waals surface area contributed by atoms with Crippen molar-refractivity contribution in [2.24, 2.45) is 0 Å². The molecule has 22 heavy (non-hydrogen) atoms. The molecule has 0 bridgehead atoms. The maximum Gasteiger partial charge on any atom is 0.288 e. The quantitative estimate of drug-likeness (QED) is 0.754. The highest BCUT2D eigenvalue weighted by Gasteiger charge is 2.19. The first-order chi connectivity index (χ1) is 10.4. The Balaban J connectivity index is 2.10. The molecule has 0 aliphatic heterocycles. The van der Waals surface area contributed by atoms with E-state index in [1.165, 1.54) is 6.07 Å². The number of aryl methyl sites for hydroxylation is 1. The van der Waals surface area contributed by atoms with Gasteiger partial charge in [-0.2, -0.15) is 0 Å². The Bertz CT molecular complexity index is 1020. The lowest BCUT2D eigenvalue weighted by Crippen LogP contribution is -2.14. The van der Waals surface area contributed by atoms with E-state index in [0.717, 1.165) is 27.4 Å². The van der Waals surface area contributed by atoms with E-state index in [-0.39, 0.29) is 8.95 Å². The van der Waals surface area contributed by atoms with Crippen LogP contribution < -0.4 is 8.78 Å². The monoisotopic (exact) mass is 371 g/mol. The van der Waals surface area contributed by atoms with E-state index < -0.39 is 10.0 Å². The van der Waals surface area contributed by atoms with Gasteiger partial charge in [0.15, 0.2) is 0 Å². The Kier molecular flexibility index (Phi) is 3.98. The van der Waals surface area contributed by atoms with Crippen molar-refractivity contribution in [2.45, 2.75) is 11.8 Å². The second kappa shape index (κ2) is 5.66. The van der Waals surface area contributed by atoms with Crippen molar-refractivity contribution in [3.8, 4) is 0 Å². The van der Waals surface area contributed by atoms with Crippen LogP contribution in [-0.2, 0) is 10.0 Å². The first-order valence-electron chi connectivity index (χ1n) is 6.18. The highest BCUT2D eigenvalue weighted by atomic mass is 35.5. The van der Waals surface area contributed by atoms with Crippen LogP contribution in [0.4, 0.5) is 5.69 Å². The first kappa shape index (κ1) is 15.5. The number of sulfonamides is 1. The van der Waals surface area contributed by atoms with Crippen LogP contribution in [-0.4, -0.2) is 8.42 Å². The summed E-state index contributed by atoms with van der Waals surface area (Å²) in [7, 11) is -3.77. The zero-order chi connectivity index (χ0) is 15.9. The third-order valence-corrected chi connectivity index (χ3v) is 6.95. The molecule has 0 amide bonds. The van der Waals surface area contributed by atoms with Crippen molar-refractivity contribution < 1.29 is 8.42 Å². The van der Waals surface area contributed by atoms with Crippen LogP contribution in [0.3, 0.4) is 0 Å². The zero-order valence-electron chi connectivity index (χ0n) is 11.3. The van der Waals surface area contributed by atoms with Crippen LogP contribution >= 0.6 is 34.3 Å². The second-order valence-corrected chi connectivity index (χ2v) is 8.95. The van der Waals surface area contributed by atoms with Crippen LogP contribution in [0, 0.1) is 6.92 Å². The van der Waals surface area contributed by atoms with E-state index in [9.17, 15) is 13.2 Å². The molecule has 1 N–H and O–H groups in total. The van der Waals surface area contributed by atoms with Gasteiger partial charge in [0.2, 0.25) is 0 Å². The minimum atomic E-state index is -3.77. The highest BCUT2D eigenvalue weighted by molar-refractivity contribution is 7.92. The summed E-state index contributed by atoms with van der Waals surface area (Å²) in [6, 6.07) is 9.88. The molecule has 1 heterocycles. The predicted molar refractivity (Wildman–Crippen MR) is 93.0 cm³/mol. The average Bonchev–Trinajstić information content (AvgIpc) is 2.79. The van der Waals surface area contributed by atoms with Gasteiger partial charge in [0, 0.05) is 4.70 Å². The zero-order valence-corrected chi connectivity index (χ0v) is 14.5. The van der Waals surface area contributed by atoms with Crippen molar-refractivity contribution in [2.75, 3.05) is 4.72 Å². The van der Waals surface area contributed by atoms with Gasteiger partial charge >= 0.3 is 0 Å². The van der Waals surface area contributed by atoms with Crippen molar-refractivity contribution in [3.63, 3.8) is 0 Å². The molecule has 1 aromatic heterocycles. The van der Waals surface area contributed by atoms with E-state index in [2.05, 4.69) is 4.72 Å². The Morgan fingerprint density at radius 3 is 2.41 bits per heavy atom. The number of benzene rings is 2. The van der Waals surface area contributed by atoms with E-state index in [4.69, 9.17) is 11.6 Å². The normalized spacial score (nSPS) is 11.7. The van der Waals surface area contributed by atoms with E-state index >= 15 is 0 Å². The molecule has 0 saturated carbocycles. The van der Waals surface area contributed by atoms with Gasteiger partial charge in [0.25, 0.3) is 14.1 Å². The standard InChI is InChI=1S/C14H10ClNO3S3/c1-8-6-11-12(21-14(17)20-11)7-13(8)22(18,19)16-10-5-3-2-4-9(10)15/h2-7,16H,1H3. The van der Waals surface area contributed by atoms with Gasteiger partial charge in [-0.3, -0.25) is 9.52 Å². The minimum Gasteiger partial charge on any atom is -0.278 e. The number of fused-ring (bicyclic) bond motifs is 1. The van der Waals surface area contributed by atoms with E-state index in [1.807, 2.05) is 0 Å². The van der Waals surface area contributed by atoms with Crippen LogP contribution in [0.15, 0.2) is 46.1 Å².